The van der Waals surface area contributed by atoms with Crippen molar-refractivity contribution in [1.29, 1.82) is 0 Å². The number of nitrogens with one attached hydrogen (secondary N) is 1. The number of amides is 2. The Hall–Kier alpha value is -4.31. The van der Waals surface area contributed by atoms with Gasteiger partial charge in [-0.05, 0) is 79.6 Å². The minimum Gasteiger partial charge on any atom is -0.497 e. The normalized spacial score (nSPS) is 11.5. The number of aryl methyl sites for hydroxylation is 2. The fraction of sp³-hybridized carbons (Fsp3) is 0.200. The van der Waals surface area contributed by atoms with Crippen molar-refractivity contribution >= 4 is 29.3 Å². The summed E-state index contributed by atoms with van der Waals surface area (Å²) in [6, 6.07) is 18.6. The van der Waals surface area contributed by atoms with Gasteiger partial charge in [0.25, 0.3) is 5.91 Å². The summed E-state index contributed by atoms with van der Waals surface area (Å²) in [7, 11) is 1.54. The number of carbonyl (C=O) groups excluding carboxylic acids is 2. The maximum atomic E-state index is 14.4. The fourth-order valence-corrected chi connectivity index (χ4v) is 4.95. The number of rotatable bonds is 10. The molecule has 7 nitrogen and oxygen atoms in total. The molecular weight excluding hydrogens is 534 g/mol. The van der Waals surface area contributed by atoms with E-state index < -0.39 is 29.5 Å². The fourth-order valence-electron chi connectivity index (χ4n) is 4.11. The molecule has 1 aromatic heterocycles. The van der Waals surface area contributed by atoms with Crippen LogP contribution >= 0.6 is 11.8 Å². The van der Waals surface area contributed by atoms with E-state index >= 15 is 0 Å². The van der Waals surface area contributed by atoms with Gasteiger partial charge >= 0.3 is 0 Å². The third-order valence-corrected chi connectivity index (χ3v) is 6.79. The zero-order valence-electron chi connectivity index (χ0n) is 22.2. The predicted octanol–water partition coefficient (Wildman–Crippen LogP) is 5.88. The molecule has 1 unspecified atom stereocenters. The number of anilines is 1. The summed E-state index contributed by atoms with van der Waals surface area (Å²) >= 11 is 1.14. The van der Waals surface area contributed by atoms with Gasteiger partial charge < -0.3 is 15.0 Å². The summed E-state index contributed by atoms with van der Waals surface area (Å²) in [5.74, 6) is -1.39. The molecule has 1 heterocycles. The average Bonchev–Trinajstić information content (AvgIpc) is 2.92. The molecule has 0 aliphatic carbocycles. The van der Waals surface area contributed by atoms with Gasteiger partial charge in [-0.15, -0.1) is 0 Å². The number of nitrogens with zero attached hydrogens (tertiary/aromatic N) is 3. The second-order valence-corrected chi connectivity index (χ2v) is 9.99. The van der Waals surface area contributed by atoms with Crippen molar-refractivity contribution < 1.29 is 23.1 Å². The number of hydrogen-bond donors (Lipinski definition) is 1. The quantitative estimate of drug-likeness (QED) is 0.192. The first-order valence-corrected chi connectivity index (χ1v) is 13.4. The van der Waals surface area contributed by atoms with Gasteiger partial charge in [-0.1, -0.05) is 36.0 Å². The monoisotopic (exact) mass is 562 g/mol. The third-order valence-electron chi connectivity index (χ3n) is 5.96. The van der Waals surface area contributed by atoms with E-state index in [0.29, 0.717) is 22.2 Å². The Kier molecular flexibility index (Phi) is 9.44. The first-order valence-electron chi connectivity index (χ1n) is 12.4. The standard InChI is InChI=1S/C30H28F2N4O3S/c1-19-15-20(2)34-30(33-19)40-18-27(37)36(17-21-7-9-23(31)10-8-21)28(22-5-4-6-24(32)16-22)29(38)35-25-11-13-26(39-3)14-12-25/h4-16,28H,17-18H2,1-3H3,(H,35,38). The van der Waals surface area contributed by atoms with Crippen LogP contribution in [-0.2, 0) is 16.1 Å². The number of hydrogen-bond acceptors (Lipinski definition) is 6. The van der Waals surface area contributed by atoms with Gasteiger partial charge in [0, 0.05) is 23.6 Å². The van der Waals surface area contributed by atoms with Gasteiger partial charge in [-0.2, -0.15) is 0 Å². The highest BCUT2D eigenvalue weighted by molar-refractivity contribution is 7.99. The summed E-state index contributed by atoms with van der Waals surface area (Å²) < 4.78 is 33.2. The van der Waals surface area contributed by atoms with Crippen molar-refractivity contribution in [2.75, 3.05) is 18.2 Å². The van der Waals surface area contributed by atoms with Crippen molar-refractivity contribution in [2.24, 2.45) is 0 Å². The Bertz CT molecular complexity index is 1460. The molecule has 0 bridgehead atoms. The molecule has 40 heavy (non-hydrogen) atoms. The molecule has 3 aromatic carbocycles. The van der Waals surface area contributed by atoms with E-state index in [0.717, 1.165) is 23.1 Å². The van der Waals surface area contributed by atoms with Crippen LogP contribution in [0, 0.1) is 25.5 Å². The summed E-state index contributed by atoms with van der Waals surface area (Å²) in [6.45, 7) is 3.65. The summed E-state index contributed by atoms with van der Waals surface area (Å²) in [5, 5.41) is 3.26. The minimum absolute atomic E-state index is 0.0232. The highest BCUT2D eigenvalue weighted by Crippen LogP contribution is 2.28. The highest BCUT2D eigenvalue weighted by Gasteiger charge is 2.32. The van der Waals surface area contributed by atoms with Crippen LogP contribution in [0.15, 0.2) is 84.0 Å². The minimum atomic E-state index is -1.20. The van der Waals surface area contributed by atoms with Gasteiger partial charge in [-0.3, -0.25) is 9.59 Å². The molecule has 1 N–H and O–H groups in total. The topological polar surface area (TPSA) is 84.4 Å². The van der Waals surface area contributed by atoms with Crippen LogP contribution in [0.2, 0.25) is 0 Å². The Balaban J connectivity index is 1.69. The van der Waals surface area contributed by atoms with Crippen LogP contribution < -0.4 is 10.1 Å². The van der Waals surface area contributed by atoms with Crippen LogP contribution in [0.3, 0.4) is 0 Å². The van der Waals surface area contributed by atoms with E-state index in [1.807, 2.05) is 19.9 Å². The lowest BCUT2D eigenvalue weighted by atomic mass is 10.0. The van der Waals surface area contributed by atoms with Crippen molar-refractivity contribution in [3.05, 3.63) is 113 Å². The van der Waals surface area contributed by atoms with E-state index in [-0.39, 0.29) is 17.9 Å². The number of thioether (sulfide) groups is 1. The van der Waals surface area contributed by atoms with Gasteiger partial charge in [0.1, 0.15) is 23.4 Å². The number of ether oxygens (including phenoxy) is 1. The Morgan fingerprint density at radius 2 is 1.60 bits per heavy atom. The number of benzene rings is 3. The zero-order chi connectivity index (χ0) is 28.6. The molecule has 0 saturated heterocycles. The van der Waals surface area contributed by atoms with Crippen LogP contribution in [0.1, 0.15) is 28.6 Å². The Morgan fingerprint density at radius 3 is 2.23 bits per heavy atom. The van der Waals surface area contributed by atoms with Gasteiger partial charge in [0.2, 0.25) is 5.91 Å². The molecule has 10 heteroatoms. The number of halogens is 2. The van der Waals surface area contributed by atoms with E-state index in [2.05, 4.69) is 15.3 Å². The smallest absolute Gasteiger partial charge is 0.251 e. The summed E-state index contributed by atoms with van der Waals surface area (Å²) in [4.78, 5) is 37.7. The maximum Gasteiger partial charge on any atom is 0.251 e. The molecule has 4 rings (SSSR count). The lowest BCUT2D eigenvalue weighted by Gasteiger charge is -2.31. The van der Waals surface area contributed by atoms with Gasteiger partial charge in [-0.25, -0.2) is 18.7 Å². The van der Waals surface area contributed by atoms with E-state index in [1.54, 1.807) is 42.5 Å². The van der Waals surface area contributed by atoms with E-state index in [4.69, 9.17) is 4.74 Å². The Labute approximate surface area is 235 Å². The zero-order valence-corrected chi connectivity index (χ0v) is 23.0. The second kappa shape index (κ2) is 13.2. The van der Waals surface area contributed by atoms with Crippen molar-refractivity contribution in [2.45, 2.75) is 31.6 Å². The number of methoxy groups -OCH3 is 1. The SMILES string of the molecule is COc1ccc(NC(=O)C(c2cccc(F)c2)N(Cc2ccc(F)cc2)C(=O)CSc2nc(C)cc(C)n2)cc1. The van der Waals surface area contributed by atoms with Crippen molar-refractivity contribution in [3.63, 3.8) is 0 Å². The van der Waals surface area contributed by atoms with Crippen LogP contribution in [-0.4, -0.2) is 39.5 Å². The predicted molar refractivity (Wildman–Crippen MR) is 150 cm³/mol. The molecule has 0 aliphatic rings. The van der Waals surface area contributed by atoms with Crippen LogP contribution in [0.5, 0.6) is 5.75 Å². The molecule has 0 saturated carbocycles. The number of carbonyl (C=O) groups is 2. The summed E-state index contributed by atoms with van der Waals surface area (Å²) in [5.41, 5.74) is 2.89. The molecule has 2 amide bonds. The molecule has 0 radical (unpaired) electrons. The van der Waals surface area contributed by atoms with E-state index in [9.17, 15) is 18.4 Å². The van der Waals surface area contributed by atoms with Crippen LogP contribution in [0.4, 0.5) is 14.5 Å². The molecule has 0 fully saturated rings. The van der Waals surface area contributed by atoms with Crippen LogP contribution in [0.25, 0.3) is 0 Å². The van der Waals surface area contributed by atoms with E-state index in [1.165, 1.54) is 42.3 Å². The molecule has 1 atom stereocenters. The van der Waals surface area contributed by atoms with Gasteiger partial charge in [0.15, 0.2) is 5.16 Å². The summed E-state index contributed by atoms with van der Waals surface area (Å²) in [6.07, 6.45) is 0. The van der Waals surface area contributed by atoms with Crippen molar-refractivity contribution in [1.82, 2.24) is 14.9 Å². The third kappa shape index (κ3) is 7.63. The first-order chi connectivity index (χ1) is 19.2. The molecule has 206 valence electrons. The second-order valence-electron chi connectivity index (χ2n) is 9.05. The lowest BCUT2D eigenvalue weighted by Crippen LogP contribution is -2.42. The Morgan fingerprint density at radius 1 is 0.925 bits per heavy atom. The largest absolute Gasteiger partial charge is 0.497 e. The van der Waals surface area contributed by atoms with Crippen molar-refractivity contribution in [3.8, 4) is 5.75 Å². The number of aromatic nitrogens is 2. The molecule has 4 aromatic rings. The maximum absolute atomic E-state index is 14.4. The van der Waals surface area contributed by atoms with Gasteiger partial charge in [0.05, 0.1) is 12.9 Å². The molecular formula is C30H28F2N4O3S. The molecule has 0 aliphatic heterocycles. The average molecular weight is 563 g/mol. The molecule has 0 spiro atoms. The first kappa shape index (κ1) is 28.7. The lowest BCUT2D eigenvalue weighted by molar-refractivity contribution is -0.137. The highest BCUT2D eigenvalue weighted by atomic mass is 32.2.